The fourth-order valence-electron chi connectivity index (χ4n) is 1.65. The largest absolute Gasteiger partial charge is 0.472 e. The van der Waals surface area contributed by atoms with Crippen LogP contribution in [0.5, 0.6) is 0 Å². The Kier molecular flexibility index (Phi) is 1.87. The van der Waals surface area contributed by atoms with Crippen LogP contribution in [-0.2, 0) is 0 Å². The molecule has 2 rings (SSSR count). The lowest BCUT2D eigenvalue weighted by Crippen LogP contribution is -2.38. The van der Waals surface area contributed by atoms with E-state index >= 15 is 0 Å². The summed E-state index contributed by atoms with van der Waals surface area (Å²) in [6, 6.07) is 1.60. The molecule has 2 nitrogen and oxygen atoms in total. The quantitative estimate of drug-likeness (QED) is 0.772. The van der Waals surface area contributed by atoms with E-state index in [0.29, 0.717) is 5.56 Å². The van der Waals surface area contributed by atoms with Crippen molar-refractivity contribution in [1.82, 2.24) is 0 Å². The molecule has 1 atom stereocenters. The molecular formula is C9H10F2O2. The first-order valence-corrected chi connectivity index (χ1v) is 4.16. The summed E-state index contributed by atoms with van der Waals surface area (Å²) >= 11 is 0. The molecule has 1 aliphatic carbocycles. The maximum Gasteiger partial charge on any atom is 0.248 e. The Morgan fingerprint density at radius 3 is 2.69 bits per heavy atom. The Labute approximate surface area is 74.2 Å². The molecule has 13 heavy (non-hydrogen) atoms. The van der Waals surface area contributed by atoms with Crippen LogP contribution < -0.4 is 0 Å². The maximum absolute atomic E-state index is 12.5. The third-order valence-electron chi connectivity index (χ3n) is 2.45. The van der Waals surface area contributed by atoms with Gasteiger partial charge in [0, 0.05) is 24.3 Å². The van der Waals surface area contributed by atoms with Crippen molar-refractivity contribution < 1.29 is 18.3 Å². The highest BCUT2D eigenvalue weighted by atomic mass is 19.3. The predicted molar refractivity (Wildman–Crippen MR) is 41.3 cm³/mol. The Morgan fingerprint density at radius 1 is 1.54 bits per heavy atom. The Bertz CT molecular complexity index is 274. The van der Waals surface area contributed by atoms with Gasteiger partial charge in [-0.3, -0.25) is 0 Å². The van der Waals surface area contributed by atoms with Crippen LogP contribution in [0.15, 0.2) is 23.0 Å². The van der Waals surface area contributed by atoms with Crippen LogP contribution in [-0.4, -0.2) is 11.0 Å². The fourth-order valence-corrected chi connectivity index (χ4v) is 1.65. The molecule has 0 radical (unpaired) electrons. The number of hydrogen-bond donors (Lipinski definition) is 1. The third kappa shape index (κ3) is 1.58. The molecule has 1 fully saturated rings. The van der Waals surface area contributed by atoms with Crippen molar-refractivity contribution in [2.75, 3.05) is 0 Å². The van der Waals surface area contributed by atoms with E-state index in [1.807, 2.05) is 0 Å². The van der Waals surface area contributed by atoms with Crippen LogP contribution in [0, 0.1) is 5.92 Å². The Morgan fingerprint density at radius 2 is 2.23 bits per heavy atom. The summed E-state index contributed by atoms with van der Waals surface area (Å²) in [6.45, 7) is 0. The predicted octanol–water partition coefficient (Wildman–Crippen LogP) is 2.36. The minimum Gasteiger partial charge on any atom is -0.472 e. The molecule has 0 bridgehead atoms. The summed E-state index contributed by atoms with van der Waals surface area (Å²) in [5, 5.41) is 9.57. The zero-order valence-corrected chi connectivity index (χ0v) is 6.91. The molecule has 0 aromatic carbocycles. The lowest BCUT2D eigenvalue weighted by Gasteiger charge is -2.37. The van der Waals surface area contributed by atoms with Gasteiger partial charge in [0.25, 0.3) is 0 Å². The minimum absolute atomic E-state index is 0.223. The molecule has 1 saturated carbocycles. The van der Waals surface area contributed by atoms with E-state index in [1.165, 1.54) is 12.5 Å². The van der Waals surface area contributed by atoms with Crippen LogP contribution in [0.1, 0.15) is 24.5 Å². The first-order valence-electron chi connectivity index (χ1n) is 4.16. The van der Waals surface area contributed by atoms with Crippen LogP contribution in [0.4, 0.5) is 8.78 Å². The number of aliphatic hydroxyl groups is 1. The number of furan rings is 1. The van der Waals surface area contributed by atoms with Gasteiger partial charge in [-0.15, -0.1) is 0 Å². The summed E-state index contributed by atoms with van der Waals surface area (Å²) in [4.78, 5) is 0. The summed E-state index contributed by atoms with van der Waals surface area (Å²) < 4.78 is 29.7. The van der Waals surface area contributed by atoms with Crippen molar-refractivity contribution in [2.24, 2.45) is 5.92 Å². The molecule has 0 amide bonds. The molecule has 1 heterocycles. The maximum atomic E-state index is 12.5. The second-order valence-electron chi connectivity index (χ2n) is 3.53. The third-order valence-corrected chi connectivity index (χ3v) is 2.45. The molecule has 0 saturated heterocycles. The van der Waals surface area contributed by atoms with E-state index in [0.717, 1.165) is 0 Å². The normalized spacial score (nSPS) is 23.9. The molecule has 0 spiro atoms. The van der Waals surface area contributed by atoms with Crippen molar-refractivity contribution in [3.63, 3.8) is 0 Å². The fraction of sp³-hybridized carbons (Fsp3) is 0.556. The van der Waals surface area contributed by atoms with Crippen molar-refractivity contribution >= 4 is 0 Å². The summed E-state index contributed by atoms with van der Waals surface area (Å²) in [7, 11) is 0. The average molecular weight is 188 g/mol. The van der Waals surface area contributed by atoms with Crippen molar-refractivity contribution in [3.8, 4) is 0 Å². The number of rotatable bonds is 2. The summed E-state index contributed by atoms with van der Waals surface area (Å²) in [6.07, 6.45) is 1.56. The molecule has 1 N–H and O–H groups in total. The van der Waals surface area contributed by atoms with Gasteiger partial charge in [-0.1, -0.05) is 0 Å². The molecule has 0 aliphatic heterocycles. The van der Waals surface area contributed by atoms with E-state index in [2.05, 4.69) is 0 Å². The molecule has 72 valence electrons. The van der Waals surface area contributed by atoms with Crippen LogP contribution >= 0.6 is 0 Å². The highest BCUT2D eigenvalue weighted by Gasteiger charge is 2.48. The SMILES string of the molecule is OC(c1ccoc1)C1CC(F)(F)C1. The van der Waals surface area contributed by atoms with Gasteiger partial charge in [-0.05, 0) is 6.07 Å². The molecule has 4 heteroatoms. The Hall–Kier alpha value is -0.900. The highest BCUT2D eigenvalue weighted by molar-refractivity contribution is 5.12. The number of aliphatic hydroxyl groups excluding tert-OH is 1. The number of halogens is 2. The molecule has 1 aromatic rings. The minimum atomic E-state index is -2.57. The van der Waals surface area contributed by atoms with Gasteiger partial charge >= 0.3 is 0 Å². The van der Waals surface area contributed by atoms with Crippen LogP contribution in [0.2, 0.25) is 0 Å². The van der Waals surface area contributed by atoms with Crippen LogP contribution in [0.3, 0.4) is 0 Å². The van der Waals surface area contributed by atoms with E-state index in [4.69, 9.17) is 4.42 Å². The van der Waals surface area contributed by atoms with Gasteiger partial charge in [0.15, 0.2) is 0 Å². The van der Waals surface area contributed by atoms with E-state index in [1.54, 1.807) is 6.07 Å². The average Bonchev–Trinajstić information content (AvgIpc) is 2.50. The second-order valence-corrected chi connectivity index (χ2v) is 3.53. The number of alkyl halides is 2. The van der Waals surface area contributed by atoms with Crippen molar-refractivity contribution in [1.29, 1.82) is 0 Å². The topological polar surface area (TPSA) is 33.4 Å². The standard InChI is InChI=1S/C9H10F2O2/c10-9(11)3-7(4-9)8(12)6-1-2-13-5-6/h1-2,5,7-8,12H,3-4H2. The summed E-state index contributed by atoms with van der Waals surface area (Å²) in [5.41, 5.74) is 0.584. The van der Waals surface area contributed by atoms with Gasteiger partial charge in [-0.25, -0.2) is 8.78 Å². The lowest BCUT2D eigenvalue weighted by atomic mass is 9.76. The van der Waals surface area contributed by atoms with E-state index in [9.17, 15) is 13.9 Å². The van der Waals surface area contributed by atoms with Crippen LogP contribution in [0.25, 0.3) is 0 Å². The summed E-state index contributed by atoms with van der Waals surface area (Å²) in [5.74, 6) is -2.90. The molecule has 1 unspecified atom stereocenters. The van der Waals surface area contributed by atoms with Crippen molar-refractivity contribution in [3.05, 3.63) is 24.2 Å². The first-order chi connectivity index (χ1) is 6.08. The van der Waals surface area contributed by atoms with Crippen molar-refractivity contribution in [2.45, 2.75) is 24.9 Å². The molecule has 1 aliphatic rings. The molecule has 1 aromatic heterocycles. The van der Waals surface area contributed by atoms with Gasteiger partial charge in [0.05, 0.1) is 18.6 Å². The first kappa shape index (κ1) is 8.69. The van der Waals surface area contributed by atoms with E-state index in [-0.39, 0.29) is 18.8 Å². The Balaban J connectivity index is 1.97. The zero-order valence-electron chi connectivity index (χ0n) is 6.91. The zero-order chi connectivity index (χ0) is 9.47. The van der Waals surface area contributed by atoms with Gasteiger partial charge < -0.3 is 9.52 Å². The van der Waals surface area contributed by atoms with Gasteiger partial charge in [-0.2, -0.15) is 0 Å². The van der Waals surface area contributed by atoms with Gasteiger partial charge in [0.2, 0.25) is 5.92 Å². The smallest absolute Gasteiger partial charge is 0.248 e. The van der Waals surface area contributed by atoms with Gasteiger partial charge in [0.1, 0.15) is 0 Å². The second kappa shape index (κ2) is 2.80. The number of hydrogen-bond acceptors (Lipinski definition) is 2. The monoisotopic (exact) mass is 188 g/mol. The lowest BCUT2D eigenvalue weighted by molar-refractivity contribution is -0.142. The molecular weight excluding hydrogens is 178 g/mol. The van der Waals surface area contributed by atoms with E-state index < -0.39 is 12.0 Å². The highest BCUT2D eigenvalue weighted by Crippen LogP contribution is 2.48.